The lowest BCUT2D eigenvalue weighted by atomic mass is 9.95. The summed E-state index contributed by atoms with van der Waals surface area (Å²) in [6, 6.07) is 15.8. The Morgan fingerprint density at radius 1 is 1.31 bits per heavy atom. The minimum absolute atomic E-state index is 0.159. The number of fused-ring (bicyclic) bond motifs is 1. The molecule has 0 atom stereocenters. The number of aromatic carboxylic acids is 1. The minimum Gasteiger partial charge on any atom is -0.494 e. The van der Waals surface area contributed by atoms with E-state index in [1.807, 2.05) is 57.3 Å². The summed E-state index contributed by atoms with van der Waals surface area (Å²) in [4.78, 5) is 12.8. The molecule has 2 aromatic carbocycles. The molecule has 0 radical (unpaired) electrons. The number of aryl methyl sites for hydroxylation is 2. The van der Waals surface area contributed by atoms with Gasteiger partial charge in [-0.2, -0.15) is 10.4 Å². The van der Waals surface area contributed by atoms with E-state index in [1.54, 1.807) is 10.7 Å². The smallest absolute Gasteiger partial charge is 0.346 e. The van der Waals surface area contributed by atoms with Crippen molar-refractivity contribution in [2.24, 2.45) is 7.05 Å². The summed E-state index contributed by atoms with van der Waals surface area (Å²) in [7, 11) is 1.83. The summed E-state index contributed by atoms with van der Waals surface area (Å²) in [5.41, 5.74) is 4.05. The monoisotopic (exact) mass is 443 g/mol. The quantitative estimate of drug-likeness (QED) is 0.377. The van der Waals surface area contributed by atoms with Crippen LogP contribution >= 0.6 is 11.3 Å². The second kappa shape index (κ2) is 8.33. The molecule has 0 saturated heterocycles. The predicted molar refractivity (Wildman–Crippen MR) is 127 cm³/mol. The second-order valence-corrected chi connectivity index (χ2v) is 8.32. The zero-order chi connectivity index (χ0) is 23.0. The van der Waals surface area contributed by atoms with Crippen LogP contribution in [0.25, 0.3) is 38.2 Å². The first kappa shape index (κ1) is 21.3. The first-order valence-electron chi connectivity index (χ1n) is 10.0. The van der Waals surface area contributed by atoms with Gasteiger partial charge in [-0.25, -0.2) is 4.79 Å². The number of carboxylic acid groups (broad SMARTS) is 1. The molecule has 4 rings (SSSR count). The lowest BCUT2D eigenvalue weighted by molar-refractivity contribution is 0.0701. The maximum Gasteiger partial charge on any atom is 0.346 e. The van der Waals surface area contributed by atoms with Crippen molar-refractivity contribution in [3.8, 4) is 27.8 Å². The van der Waals surface area contributed by atoms with Crippen molar-refractivity contribution in [3.63, 3.8) is 0 Å². The molecule has 0 amide bonds. The van der Waals surface area contributed by atoms with Gasteiger partial charge in [-0.1, -0.05) is 43.0 Å². The molecular weight excluding hydrogens is 422 g/mol. The van der Waals surface area contributed by atoms with Crippen molar-refractivity contribution in [1.29, 1.82) is 5.26 Å². The summed E-state index contributed by atoms with van der Waals surface area (Å²) in [6.45, 7) is 7.99. The van der Waals surface area contributed by atoms with Gasteiger partial charge in [0.2, 0.25) is 0 Å². The zero-order valence-corrected chi connectivity index (χ0v) is 18.8. The molecule has 0 aliphatic carbocycles. The normalized spacial score (nSPS) is 10.8. The van der Waals surface area contributed by atoms with E-state index in [9.17, 15) is 15.2 Å². The summed E-state index contributed by atoms with van der Waals surface area (Å²) in [5.74, 6) is -0.720. The molecule has 6 nitrogen and oxygen atoms in total. The molecule has 0 fully saturated rings. The fourth-order valence-electron chi connectivity index (χ4n) is 3.98. The van der Waals surface area contributed by atoms with Crippen LogP contribution < -0.4 is 0 Å². The van der Waals surface area contributed by atoms with Crippen LogP contribution in [-0.2, 0) is 11.8 Å². The first-order chi connectivity index (χ1) is 15.4. The molecule has 0 spiro atoms. The van der Waals surface area contributed by atoms with Crippen molar-refractivity contribution in [3.05, 3.63) is 70.7 Å². The molecule has 4 aromatic rings. The van der Waals surface area contributed by atoms with E-state index in [-0.39, 0.29) is 4.88 Å². The van der Waals surface area contributed by atoms with E-state index in [4.69, 9.17) is 4.74 Å². The molecule has 0 bridgehead atoms. The number of benzene rings is 2. The number of rotatable bonds is 6. The van der Waals surface area contributed by atoms with Gasteiger partial charge in [-0.15, -0.1) is 11.3 Å². The third-order valence-electron chi connectivity index (χ3n) is 5.31. The standard InChI is InChI=1S/C25H21N3O3S/c1-5-31-15(3)19-12-21(32-24(19)25(29)30)22-14(2)27-28(4)23(22)18-11-10-16-8-6-7-9-17(16)20(18)13-26/h6-12H,3,5H2,1-2,4H3,(H,29,30). The van der Waals surface area contributed by atoms with Crippen molar-refractivity contribution in [2.75, 3.05) is 6.61 Å². The Kier molecular flexibility index (Phi) is 5.56. The average Bonchev–Trinajstić information content (AvgIpc) is 3.33. The van der Waals surface area contributed by atoms with Crippen LogP contribution in [-0.4, -0.2) is 27.5 Å². The van der Waals surface area contributed by atoms with Gasteiger partial charge < -0.3 is 9.84 Å². The number of aromatic nitrogens is 2. The number of carbonyl (C=O) groups is 1. The van der Waals surface area contributed by atoms with Crippen LogP contribution in [0.5, 0.6) is 0 Å². The van der Waals surface area contributed by atoms with Crippen LogP contribution in [0.2, 0.25) is 0 Å². The highest BCUT2D eigenvalue weighted by molar-refractivity contribution is 7.17. The highest BCUT2D eigenvalue weighted by Crippen LogP contribution is 2.43. The van der Waals surface area contributed by atoms with Crippen molar-refractivity contribution >= 4 is 33.8 Å². The third kappa shape index (κ3) is 3.45. The Morgan fingerprint density at radius 3 is 2.75 bits per heavy atom. The van der Waals surface area contributed by atoms with E-state index in [0.717, 1.165) is 49.5 Å². The van der Waals surface area contributed by atoms with Gasteiger partial charge in [0.15, 0.2) is 0 Å². The van der Waals surface area contributed by atoms with E-state index >= 15 is 0 Å². The summed E-state index contributed by atoms with van der Waals surface area (Å²) >= 11 is 1.15. The molecule has 0 saturated carbocycles. The molecule has 160 valence electrons. The summed E-state index contributed by atoms with van der Waals surface area (Å²) in [5, 5.41) is 26.2. The molecule has 2 heterocycles. The Bertz CT molecular complexity index is 1420. The lowest BCUT2D eigenvalue weighted by Crippen LogP contribution is -1.98. The Labute approximate surface area is 189 Å². The number of nitrogens with zero attached hydrogens (tertiary/aromatic N) is 3. The van der Waals surface area contributed by atoms with Crippen molar-refractivity contribution in [2.45, 2.75) is 13.8 Å². The highest BCUT2D eigenvalue weighted by atomic mass is 32.1. The Balaban J connectivity index is 1.99. The van der Waals surface area contributed by atoms with Gasteiger partial charge in [-0.05, 0) is 25.3 Å². The number of nitriles is 1. The maximum absolute atomic E-state index is 11.9. The summed E-state index contributed by atoms with van der Waals surface area (Å²) < 4.78 is 7.23. The van der Waals surface area contributed by atoms with Crippen LogP contribution in [0, 0.1) is 18.3 Å². The van der Waals surface area contributed by atoms with Gasteiger partial charge in [0.05, 0.1) is 23.6 Å². The van der Waals surface area contributed by atoms with Crippen LogP contribution in [0.3, 0.4) is 0 Å². The molecular formula is C25H21N3O3S. The van der Waals surface area contributed by atoms with E-state index in [2.05, 4.69) is 17.7 Å². The maximum atomic E-state index is 11.9. The van der Waals surface area contributed by atoms with E-state index in [1.165, 1.54) is 0 Å². The molecule has 7 heteroatoms. The minimum atomic E-state index is -1.04. The van der Waals surface area contributed by atoms with Gasteiger partial charge in [0.25, 0.3) is 0 Å². The van der Waals surface area contributed by atoms with Crippen molar-refractivity contribution < 1.29 is 14.6 Å². The van der Waals surface area contributed by atoms with Crippen LogP contribution in [0.15, 0.2) is 49.0 Å². The van der Waals surface area contributed by atoms with Gasteiger partial charge in [0.1, 0.15) is 16.7 Å². The van der Waals surface area contributed by atoms with Crippen LogP contribution in [0.1, 0.15) is 33.4 Å². The third-order valence-corrected chi connectivity index (χ3v) is 6.45. The fourth-order valence-corrected chi connectivity index (χ4v) is 5.10. The highest BCUT2D eigenvalue weighted by Gasteiger charge is 2.25. The number of hydrogen-bond acceptors (Lipinski definition) is 5. The van der Waals surface area contributed by atoms with Gasteiger partial charge in [-0.3, -0.25) is 4.68 Å². The first-order valence-corrected chi connectivity index (χ1v) is 10.8. The van der Waals surface area contributed by atoms with Crippen molar-refractivity contribution in [1.82, 2.24) is 9.78 Å². The Morgan fingerprint density at radius 2 is 2.06 bits per heavy atom. The number of hydrogen-bond donors (Lipinski definition) is 1. The molecule has 32 heavy (non-hydrogen) atoms. The van der Waals surface area contributed by atoms with E-state index < -0.39 is 5.97 Å². The Hall–Kier alpha value is -3.89. The van der Waals surface area contributed by atoms with Gasteiger partial charge in [0, 0.05) is 34.0 Å². The average molecular weight is 444 g/mol. The number of ether oxygens (including phenoxy) is 1. The number of carboxylic acids is 1. The topological polar surface area (TPSA) is 88.1 Å². The van der Waals surface area contributed by atoms with E-state index in [0.29, 0.717) is 23.5 Å². The van der Waals surface area contributed by atoms with Gasteiger partial charge >= 0.3 is 5.97 Å². The molecule has 0 unspecified atom stereocenters. The second-order valence-electron chi connectivity index (χ2n) is 7.27. The molecule has 1 N–H and O–H groups in total. The molecule has 2 aromatic heterocycles. The zero-order valence-electron chi connectivity index (χ0n) is 18.0. The molecule has 0 aliphatic rings. The predicted octanol–water partition coefficient (Wildman–Crippen LogP) is 5.85. The SMILES string of the molecule is C=C(OCC)c1cc(-c2c(C)nn(C)c2-c2ccc3ccccc3c2C#N)sc1C(=O)O. The molecule has 0 aliphatic heterocycles. The number of thiophene rings is 1. The largest absolute Gasteiger partial charge is 0.494 e. The van der Waals surface area contributed by atoms with Crippen LogP contribution in [0.4, 0.5) is 0 Å². The lowest BCUT2D eigenvalue weighted by Gasteiger charge is -2.10. The summed E-state index contributed by atoms with van der Waals surface area (Å²) in [6.07, 6.45) is 0. The fraction of sp³-hybridized carbons (Fsp3) is 0.160.